The molecule has 0 saturated carbocycles. The van der Waals surface area contributed by atoms with Crippen LogP contribution < -0.4 is 4.74 Å². The number of benzene rings is 1. The van der Waals surface area contributed by atoms with Gasteiger partial charge in [-0.3, -0.25) is 0 Å². The molecule has 0 radical (unpaired) electrons. The van der Waals surface area contributed by atoms with E-state index < -0.39 is 15.8 Å². The highest BCUT2D eigenvalue weighted by Crippen LogP contribution is 2.48. The summed E-state index contributed by atoms with van der Waals surface area (Å²) in [5.41, 5.74) is -3.43. The van der Waals surface area contributed by atoms with Crippen LogP contribution in [-0.2, 0) is 14.8 Å². The molecule has 1 aromatic carbocycles. The molecule has 0 heterocycles. The summed E-state index contributed by atoms with van der Waals surface area (Å²) in [6.07, 6.45) is 8.47. The maximum Gasteiger partial charge on any atom is 0.201 e. The lowest BCUT2D eigenvalue weighted by Gasteiger charge is -2.23. The van der Waals surface area contributed by atoms with Crippen molar-refractivity contribution in [2.24, 2.45) is 0 Å². The smallest absolute Gasteiger partial charge is 0.201 e. The van der Waals surface area contributed by atoms with Crippen molar-refractivity contribution in [2.75, 3.05) is 19.0 Å². The maximum atomic E-state index is 10.1. The van der Waals surface area contributed by atoms with Gasteiger partial charge in [0.1, 0.15) is 12.4 Å². The Morgan fingerprint density at radius 1 is 1.00 bits per heavy atom. The van der Waals surface area contributed by atoms with Crippen LogP contribution in [0.5, 0.6) is 5.75 Å². The van der Waals surface area contributed by atoms with Gasteiger partial charge < -0.3 is 19.3 Å². The fourth-order valence-corrected chi connectivity index (χ4v) is 8.82. The van der Waals surface area contributed by atoms with Crippen LogP contribution in [0, 0.1) is 0 Å². The summed E-state index contributed by atoms with van der Waals surface area (Å²) in [5.74, 6) is 1.57. The zero-order chi connectivity index (χ0) is 19.3. The average molecular weight is 423 g/mol. The van der Waals surface area contributed by atoms with E-state index >= 15 is 0 Å². The maximum absolute atomic E-state index is 10.1. The predicted molar refractivity (Wildman–Crippen MR) is 118 cm³/mol. The Balaban J connectivity index is 2.31. The second kappa shape index (κ2) is 14.1. The first-order chi connectivity index (χ1) is 12.4. The Bertz CT molecular complexity index is 525. The molecular weight excluding hydrogens is 387 g/mol. The molecule has 0 aliphatic carbocycles. The van der Waals surface area contributed by atoms with Gasteiger partial charge in [-0.05, 0) is 31.2 Å². The Morgan fingerprint density at radius 2 is 1.62 bits per heavy atom. The van der Waals surface area contributed by atoms with Crippen LogP contribution in [0.2, 0.25) is 0 Å². The minimum Gasteiger partial charge on any atom is -0.491 e. The van der Waals surface area contributed by atoms with Crippen molar-refractivity contribution in [2.45, 2.75) is 64.2 Å². The number of unbranched alkanes of at least 4 members (excludes halogenated alkanes) is 6. The average Bonchev–Trinajstić information content (AvgIpc) is 2.60. The summed E-state index contributed by atoms with van der Waals surface area (Å²) in [6, 6.07) is 9.60. The molecule has 1 rings (SSSR count). The normalized spacial score (nSPS) is 14.2. The van der Waals surface area contributed by atoms with E-state index in [2.05, 4.69) is 19.2 Å². The Hall–Kier alpha value is 0.0300. The minimum atomic E-state index is -3.20. The van der Waals surface area contributed by atoms with E-state index in [-0.39, 0.29) is 5.44 Å². The van der Waals surface area contributed by atoms with E-state index in [4.69, 9.17) is 9.47 Å². The van der Waals surface area contributed by atoms with Crippen molar-refractivity contribution in [3.05, 3.63) is 30.3 Å². The van der Waals surface area contributed by atoms with Crippen molar-refractivity contribution in [3.63, 3.8) is 0 Å². The van der Waals surface area contributed by atoms with Crippen LogP contribution in [0.3, 0.4) is 0 Å². The summed E-state index contributed by atoms with van der Waals surface area (Å²) in [4.78, 5) is 20.2. The summed E-state index contributed by atoms with van der Waals surface area (Å²) in [5, 5.41) is 0. The minimum absolute atomic E-state index is 0.227. The van der Waals surface area contributed by atoms with Crippen molar-refractivity contribution in [3.8, 4) is 5.75 Å². The van der Waals surface area contributed by atoms with Gasteiger partial charge in [0, 0.05) is 0 Å². The van der Waals surface area contributed by atoms with E-state index in [1.54, 1.807) is 0 Å². The highest BCUT2D eigenvalue weighted by molar-refractivity contribution is 8.65. The lowest BCUT2D eigenvalue weighted by molar-refractivity contribution is 0.0908. The quantitative estimate of drug-likeness (QED) is 0.214. The first-order valence-corrected chi connectivity index (χ1v) is 14.4. The van der Waals surface area contributed by atoms with E-state index in [0.717, 1.165) is 24.3 Å². The van der Waals surface area contributed by atoms with Crippen LogP contribution in [0.15, 0.2) is 30.3 Å². The highest BCUT2D eigenvalue weighted by atomic mass is 32.9. The molecular formula is C19H35O4PS2. The molecule has 0 spiro atoms. The molecule has 0 bridgehead atoms. The third kappa shape index (κ3) is 11.0. The number of thiol groups is 1. The third-order valence-corrected chi connectivity index (χ3v) is 11.6. The molecule has 2 N–H and O–H groups in total. The number of para-hydroxylation sites is 1. The van der Waals surface area contributed by atoms with Gasteiger partial charge in [-0.15, -0.1) is 10.1 Å². The van der Waals surface area contributed by atoms with Crippen molar-refractivity contribution >= 4 is 28.0 Å². The highest BCUT2D eigenvalue weighted by Gasteiger charge is 2.18. The van der Waals surface area contributed by atoms with Crippen molar-refractivity contribution < 1.29 is 19.3 Å². The molecule has 0 aromatic heterocycles. The molecule has 152 valence electrons. The molecule has 2 atom stereocenters. The lowest BCUT2D eigenvalue weighted by atomic mass is 10.1. The largest absolute Gasteiger partial charge is 0.491 e. The van der Waals surface area contributed by atoms with E-state index in [0.29, 0.717) is 13.2 Å². The SMILES string of the molecule is CCCCCCCCCS(C(C)OCCOc1ccccc1)=P(O)(O)S. The zero-order valence-electron chi connectivity index (χ0n) is 16.0. The number of hydrogen-bond acceptors (Lipinski definition) is 2. The van der Waals surface area contributed by atoms with Crippen molar-refractivity contribution in [1.82, 2.24) is 0 Å². The van der Waals surface area contributed by atoms with Gasteiger partial charge in [0.25, 0.3) is 0 Å². The van der Waals surface area contributed by atoms with Crippen LogP contribution in [0.25, 0.3) is 0 Å². The van der Waals surface area contributed by atoms with Crippen LogP contribution in [0.1, 0.15) is 58.8 Å². The van der Waals surface area contributed by atoms with Gasteiger partial charge in [0.15, 0.2) is 0 Å². The van der Waals surface area contributed by atoms with E-state index in [1.807, 2.05) is 37.3 Å². The topological polar surface area (TPSA) is 58.9 Å². The fraction of sp³-hybridized carbons (Fsp3) is 0.684. The molecule has 7 heteroatoms. The molecule has 0 fully saturated rings. The first-order valence-electron chi connectivity index (χ1n) is 9.52. The van der Waals surface area contributed by atoms with Gasteiger partial charge in [-0.2, -0.15) is 0 Å². The molecule has 26 heavy (non-hydrogen) atoms. The Morgan fingerprint density at radius 3 is 2.23 bits per heavy atom. The molecule has 0 aliphatic heterocycles. The van der Waals surface area contributed by atoms with Crippen LogP contribution in [0.4, 0.5) is 0 Å². The van der Waals surface area contributed by atoms with Gasteiger partial charge in [0.2, 0.25) is 5.69 Å². The standard InChI is InChI=1S/C19H35O4PS2/c1-3-4-5-6-7-8-12-17-26(24(20,21)25)18(2)22-15-16-23-19-13-10-9-11-14-19/h9-11,13-14,18,20-21,25H,3-8,12,15-17H2,1-2H3. The zero-order valence-corrected chi connectivity index (χ0v) is 18.7. The summed E-state index contributed by atoms with van der Waals surface area (Å²) in [6.45, 7) is 4.99. The summed E-state index contributed by atoms with van der Waals surface area (Å²) >= 11 is 4.09. The van der Waals surface area contributed by atoms with Gasteiger partial charge >= 0.3 is 0 Å². The molecule has 0 saturated heterocycles. The van der Waals surface area contributed by atoms with E-state index in [9.17, 15) is 9.79 Å². The first kappa shape index (κ1) is 24.1. The number of rotatable bonds is 14. The Labute approximate surface area is 166 Å². The summed E-state index contributed by atoms with van der Waals surface area (Å²) < 4.78 is 11.4. The molecule has 0 amide bonds. The second-order valence-electron chi connectivity index (χ2n) is 6.34. The predicted octanol–water partition coefficient (Wildman–Crippen LogP) is 5.39. The molecule has 0 aliphatic rings. The van der Waals surface area contributed by atoms with E-state index in [1.165, 1.54) is 32.1 Å². The monoisotopic (exact) mass is 422 g/mol. The second-order valence-corrected chi connectivity index (χ2v) is 14.7. The molecule has 4 nitrogen and oxygen atoms in total. The van der Waals surface area contributed by atoms with Gasteiger partial charge in [-0.1, -0.05) is 75.9 Å². The summed E-state index contributed by atoms with van der Waals surface area (Å²) in [7, 11) is -0.635. The van der Waals surface area contributed by atoms with Crippen LogP contribution in [-0.4, -0.2) is 34.2 Å². The number of ether oxygens (including phenoxy) is 2. The third-order valence-electron chi connectivity index (χ3n) is 4.10. The molecule has 2 unspecified atom stereocenters. The van der Waals surface area contributed by atoms with Crippen molar-refractivity contribution in [1.29, 1.82) is 0 Å². The number of hydrogen-bond donors (Lipinski definition) is 3. The Kier molecular flexibility index (Phi) is 13.0. The lowest BCUT2D eigenvalue weighted by Crippen LogP contribution is -2.21. The fourth-order valence-electron chi connectivity index (χ4n) is 2.66. The van der Waals surface area contributed by atoms with Gasteiger partial charge in [0.05, 0.1) is 12.0 Å². The van der Waals surface area contributed by atoms with Crippen LogP contribution >= 0.6 is 17.9 Å². The van der Waals surface area contributed by atoms with Gasteiger partial charge in [-0.25, -0.2) is 0 Å². The molecule has 1 aromatic rings.